The van der Waals surface area contributed by atoms with Crippen LogP contribution in [0.3, 0.4) is 0 Å². The highest BCUT2D eigenvalue weighted by Crippen LogP contribution is 2.23. The van der Waals surface area contributed by atoms with Crippen LogP contribution in [0.2, 0.25) is 0 Å². The summed E-state index contributed by atoms with van der Waals surface area (Å²) < 4.78 is 3.51. The van der Waals surface area contributed by atoms with E-state index in [0.29, 0.717) is 0 Å². The molecule has 4 aromatic rings. The van der Waals surface area contributed by atoms with Crippen LogP contribution in [-0.2, 0) is 0 Å². The second kappa shape index (κ2) is 8.66. The lowest BCUT2D eigenvalue weighted by molar-refractivity contribution is 0.964. The minimum atomic E-state index is 0.933. The molecule has 1 aromatic heterocycles. The average Bonchev–Trinajstić information content (AvgIpc) is 3.02. The SMILES string of the molecule is Cc1cc(C=Nc2ccc(Nc3ccccc3)cc2)c(C)n1-c1ccc(I)cc1. The lowest BCUT2D eigenvalue weighted by atomic mass is 10.2. The van der Waals surface area contributed by atoms with Gasteiger partial charge in [0, 0.05) is 43.8 Å². The van der Waals surface area contributed by atoms with E-state index in [4.69, 9.17) is 0 Å². The van der Waals surface area contributed by atoms with E-state index >= 15 is 0 Å². The molecule has 0 unspecified atom stereocenters. The summed E-state index contributed by atoms with van der Waals surface area (Å²) in [5, 5.41) is 3.39. The molecule has 0 aliphatic rings. The van der Waals surface area contributed by atoms with E-state index in [1.165, 1.54) is 20.6 Å². The molecule has 0 aliphatic carbocycles. The van der Waals surface area contributed by atoms with Crippen LogP contribution in [0.15, 0.2) is 89.9 Å². The number of aromatic nitrogens is 1. The standard InChI is InChI=1S/C25H22IN3/c1-18-16-20(19(2)29(18)25-14-8-21(26)9-15-25)17-27-22-10-12-24(13-11-22)28-23-6-4-3-5-7-23/h3-17,28H,1-2H3. The van der Waals surface area contributed by atoms with Gasteiger partial charge in [0.15, 0.2) is 0 Å². The molecule has 29 heavy (non-hydrogen) atoms. The highest BCUT2D eigenvalue weighted by Gasteiger charge is 2.09. The second-order valence-electron chi connectivity index (χ2n) is 6.93. The predicted octanol–water partition coefficient (Wildman–Crippen LogP) is 7.19. The second-order valence-corrected chi connectivity index (χ2v) is 8.18. The third kappa shape index (κ3) is 4.59. The van der Waals surface area contributed by atoms with E-state index in [1.807, 2.05) is 36.5 Å². The molecule has 0 radical (unpaired) electrons. The zero-order valence-corrected chi connectivity index (χ0v) is 18.6. The monoisotopic (exact) mass is 491 g/mol. The van der Waals surface area contributed by atoms with Crippen molar-refractivity contribution < 1.29 is 0 Å². The number of aryl methyl sites for hydroxylation is 1. The number of benzene rings is 3. The Morgan fingerprint density at radius 1 is 0.828 bits per heavy atom. The number of para-hydroxylation sites is 1. The Morgan fingerprint density at radius 3 is 2.17 bits per heavy atom. The highest BCUT2D eigenvalue weighted by molar-refractivity contribution is 14.1. The fourth-order valence-corrected chi connectivity index (χ4v) is 3.73. The highest BCUT2D eigenvalue weighted by atomic mass is 127. The first kappa shape index (κ1) is 19.5. The summed E-state index contributed by atoms with van der Waals surface area (Å²) in [4.78, 5) is 4.68. The van der Waals surface area contributed by atoms with E-state index in [2.05, 4.69) is 106 Å². The zero-order valence-electron chi connectivity index (χ0n) is 16.4. The van der Waals surface area contributed by atoms with Gasteiger partial charge in [-0.05, 0) is 103 Å². The van der Waals surface area contributed by atoms with Crippen molar-refractivity contribution in [2.75, 3.05) is 5.32 Å². The maximum atomic E-state index is 4.68. The van der Waals surface area contributed by atoms with E-state index < -0.39 is 0 Å². The van der Waals surface area contributed by atoms with E-state index in [-0.39, 0.29) is 0 Å². The molecule has 0 bridgehead atoms. The fraction of sp³-hybridized carbons (Fsp3) is 0.0800. The minimum Gasteiger partial charge on any atom is -0.356 e. The molecule has 4 rings (SSSR count). The molecule has 0 fully saturated rings. The van der Waals surface area contributed by atoms with Crippen LogP contribution >= 0.6 is 22.6 Å². The summed E-state index contributed by atoms with van der Waals surface area (Å²) in [6, 6.07) is 29.1. The first-order valence-electron chi connectivity index (χ1n) is 9.51. The summed E-state index contributed by atoms with van der Waals surface area (Å²) in [7, 11) is 0. The molecule has 0 aliphatic heterocycles. The van der Waals surface area contributed by atoms with E-state index in [9.17, 15) is 0 Å². The minimum absolute atomic E-state index is 0.933. The lowest BCUT2D eigenvalue weighted by Gasteiger charge is -2.09. The van der Waals surface area contributed by atoms with Crippen LogP contribution in [0, 0.1) is 17.4 Å². The van der Waals surface area contributed by atoms with Crippen molar-refractivity contribution in [2.24, 2.45) is 4.99 Å². The molecule has 0 saturated heterocycles. The molecule has 1 heterocycles. The van der Waals surface area contributed by atoms with Crippen molar-refractivity contribution in [3.05, 3.63) is 105 Å². The van der Waals surface area contributed by atoms with Gasteiger partial charge in [0.2, 0.25) is 0 Å². The lowest BCUT2D eigenvalue weighted by Crippen LogP contribution is -1.99. The number of nitrogens with one attached hydrogen (secondary N) is 1. The van der Waals surface area contributed by atoms with Gasteiger partial charge in [0.1, 0.15) is 0 Å². The third-order valence-electron chi connectivity index (χ3n) is 4.84. The van der Waals surface area contributed by atoms with Crippen molar-refractivity contribution in [3.63, 3.8) is 0 Å². The normalized spacial score (nSPS) is 11.1. The molecule has 4 heteroatoms. The van der Waals surface area contributed by atoms with Crippen molar-refractivity contribution >= 4 is 45.9 Å². The van der Waals surface area contributed by atoms with Gasteiger partial charge in [-0.3, -0.25) is 4.99 Å². The largest absolute Gasteiger partial charge is 0.356 e. The molecular formula is C25H22IN3. The van der Waals surface area contributed by atoms with Crippen LogP contribution in [-0.4, -0.2) is 10.8 Å². The summed E-state index contributed by atoms with van der Waals surface area (Å²) in [6.07, 6.45) is 1.95. The summed E-state index contributed by atoms with van der Waals surface area (Å²) >= 11 is 2.33. The Balaban J connectivity index is 1.52. The van der Waals surface area contributed by atoms with Gasteiger partial charge in [0.25, 0.3) is 0 Å². The third-order valence-corrected chi connectivity index (χ3v) is 5.56. The Bertz CT molecular complexity index is 1130. The first-order chi connectivity index (χ1) is 14.1. The number of anilines is 2. The average molecular weight is 491 g/mol. The van der Waals surface area contributed by atoms with Crippen molar-refractivity contribution in [1.82, 2.24) is 4.57 Å². The van der Waals surface area contributed by atoms with Crippen LogP contribution in [0.5, 0.6) is 0 Å². The van der Waals surface area contributed by atoms with Crippen molar-refractivity contribution in [2.45, 2.75) is 13.8 Å². The molecular weight excluding hydrogens is 469 g/mol. The van der Waals surface area contributed by atoms with Gasteiger partial charge in [-0.15, -0.1) is 0 Å². The molecule has 3 aromatic carbocycles. The fourth-order valence-electron chi connectivity index (χ4n) is 3.37. The number of halogens is 1. The first-order valence-corrected chi connectivity index (χ1v) is 10.6. The number of nitrogens with zero attached hydrogens (tertiary/aromatic N) is 2. The Labute approximate surface area is 185 Å². The molecule has 0 atom stereocenters. The predicted molar refractivity (Wildman–Crippen MR) is 131 cm³/mol. The number of hydrogen-bond donors (Lipinski definition) is 1. The maximum Gasteiger partial charge on any atom is 0.0631 e. The summed E-state index contributed by atoms with van der Waals surface area (Å²) in [5.74, 6) is 0. The van der Waals surface area contributed by atoms with Crippen LogP contribution in [0.1, 0.15) is 17.0 Å². The van der Waals surface area contributed by atoms with Crippen molar-refractivity contribution in [1.29, 1.82) is 0 Å². The quantitative estimate of drug-likeness (QED) is 0.232. The smallest absolute Gasteiger partial charge is 0.0631 e. The summed E-state index contributed by atoms with van der Waals surface area (Å²) in [6.45, 7) is 4.27. The van der Waals surface area contributed by atoms with Gasteiger partial charge < -0.3 is 9.88 Å². The van der Waals surface area contributed by atoms with E-state index in [1.54, 1.807) is 0 Å². The van der Waals surface area contributed by atoms with Crippen LogP contribution in [0.4, 0.5) is 17.1 Å². The van der Waals surface area contributed by atoms with Gasteiger partial charge in [-0.25, -0.2) is 0 Å². The molecule has 0 spiro atoms. The molecule has 144 valence electrons. The number of aliphatic imine (C=N–C) groups is 1. The van der Waals surface area contributed by atoms with Crippen LogP contribution < -0.4 is 5.32 Å². The number of rotatable bonds is 5. The Morgan fingerprint density at radius 2 is 1.48 bits per heavy atom. The molecule has 1 N–H and O–H groups in total. The molecule has 0 amide bonds. The Hall–Kier alpha value is -2.86. The topological polar surface area (TPSA) is 29.3 Å². The van der Waals surface area contributed by atoms with Crippen molar-refractivity contribution in [3.8, 4) is 5.69 Å². The van der Waals surface area contributed by atoms with Gasteiger partial charge >= 0.3 is 0 Å². The molecule has 3 nitrogen and oxygen atoms in total. The zero-order chi connectivity index (χ0) is 20.2. The van der Waals surface area contributed by atoms with Gasteiger partial charge in [-0.1, -0.05) is 18.2 Å². The maximum absolute atomic E-state index is 4.68. The van der Waals surface area contributed by atoms with Gasteiger partial charge in [-0.2, -0.15) is 0 Å². The Kier molecular flexibility index (Phi) is 5.81. The molecule has 0 saturated carbocycles. The summed E-state index contributed by atoms with van der Waals surface area (Å²) in [5.41, 5.74) is 7.76. The van der Waals surface area contributed by atoms with Crippen LogP contribution in [0.25, 0.3) is 5.69 Å². The van der Waals surface area contributed by atoms with E-state index in [0.717, 1.165) is 22.6 Å². The number of hydrogen-bond acceptors (Lipinski definition) is 2. The van der Waals surface area contributed by atoms with Gasteiger partial charge in [0.05, 0.1) is 5.69 Å².